The number of pyridine rings is 1. The van der Waals surface area contributed by atoms with Crippen molar-refractivity contribution >= 4 is 34.7 Å². The average molecular weight is 398 g/mol. The van der Waals surface area contributed by atoms with Crippen LogP contribution in [-0.2, 0) is 0 Å². The van der Waals surface area contributed by atoms with Gasteiger partial charge in [0.1, 0.15) is 17.3 Å². The molecule has 0 spiro atoms. The molecule has 144 valence electrons. The third-order valence-corrected chi connectivity index (χ3v) is 4.50. The molecular formula is C21H20ClN3O3. The molecule has 1 amide bonds. The maximum absolute atomic E-state index is 12.4. The molecule has 0 radical (unpaired) electrons. The van der Waals surface area contributed by atoms with Gasteiger partial charge in [0, 0.05) is 16.7 Å². The lowest BCUT2D eigenvalue weighted by Gasteiger charge is -2.13. The van der Waals surface area contributed by atoms with Gasteiger partial charge in [0.15, 0.2) is 0 Å². The number of anilines is 3. The van der Waals surface area contributed by atoms with Crippen LogP contribution < -0.4 is 20.1 Å². The number of amides is 1. The van der Waals surface area contributed by atoms with Gasteiger partial charge in [-0.05, 0) is 48.9 Å². The molecule has 0 aliphatic carbocycles. The topological polar surface area (TPSA) is 72.5 Å². The van der Waals surface area contributed by atoms with Crippen LogP contribution in [0.1, 0.15) is 15.9 Å². The van der Waals surface area contributed by atoms with E-state index in [1.54, 1.807) is 62.9 Å². The van der Waals surface area contributed by atoms with Crippen molar-refractivity contribution in [3.05, 3.63) is 70.9 Å². The highest BCUT2D eigenvalue weighted by molar-refractivity contribution is 6.31. The first-order valence-corrected chi connectivity index (χ1v) is 8.90. The summed E-state index contributed by atoms with van der Waals surface area (Å²) >= 11 is 6.13. The zero-order chi connectivity index (χ0) is 20.1. The predicted molar refractivity (Wildman–Crippen MR) is 111 cm³/mol. The highest BCUT2D eigenvalue weighted by atomic mass is 35.5. The van der Waals surface area contributed by atoms with Crippen LogP contribution in [0.15, 0.2) is 54.7 Å². The normalized spacial score (nSPS) is 10.3. The lowest BCUT2D eigenvalue weighted by Crippen LogP contribution is -2.12. The number of benzene rings is 2. The molecule has 2 aromatic carbocycles. The summed E-state index contributed by atoms with van der Waals surface area (Å²) in [6.45, 7) is 1.91. The molecule has 1 aromatic heterocycles. The number of aryl methyl sites for hydroxylation is 1. The van der Waals surface area contributed by atoms with Gasteiger partial charge in [-0.3, -0.25) is 4.79 Å². The van der Waals surface area contributed by atoms with E-state index in [1.807, 2.05) is 13.0 Å². The number of carbonyl (C=O) groups excluding carboxylic acids is 1. The lowest BCUT2D eigenvalue weighted by atomic mass is 10.2. The Balaban J connectivity index is 1.72. The van der Waals surface area contributed by atoms with E-state index >= 15 is 0 Å². The molecule has 2 N–H and O–H groups in total. The van der Waals surface area contributed by atoms with Gasteiger partial charge in [0.2, 0.25) is 0 Å². The number of rotatable bonds is 6. The maximum Gasteiger partial charge on any atom is 0.255 e. The summed E-state index contributed by atoms with van der Waals surface area (Å²) < 4.78 is 10.5. The van der Waals surface area contributed by atoms with E-state index in [2.05, 4.69) is 15.6 Å². The largest absolute Gasteiger partial charge is 0.497 e. The first kappa shape index (κ1) is 19.5. The molecule has 1 heterocycles. The van der Waals surface area contributed by atoms with E-state index in [0.29, 0.717) is 33.6 Å². The van der Waals surface area contributed by atoms with Gasteiger partial charge >= 0.3 is 0 Å². The van der Waals surface area contributed by atoms with Crippen LogP contribution in [0.3, 0.4) is 0 Å². The van der Waals surface area contributed by atoms with Gasteiger partial charge < -0.3 is 20.1 Å². The average Bonchev–Trinajstić information content (AvgIpc) is 2.72. The number of halogens is 1. The second-order valence-corrected chi connectivity index (χ2v) is 6.45. The van der Waals surface area contributed by atoms with E-state index in [-0.39, 0.29) is 5.91 Å². The van der Waals surface area contributed by atoms with Crippen LogP contribution in [0.4, 0.5) is 17.2 Å². The number of hydrogen-bond acceptors (Lipinski definition) is 5. The summed E-state index contributed by atoms with van der Waals surface area (Å²) in [4.78, 5) is 16.7. The standard InChI is InChI=1S/C21H20ClN3O3/c1-13-9-18(19(28-3)11-17(13)22)25-20-8-7-15(12-23-20)24-21(26)14-5-4-6-16(10-14)27-2/h4-12H,1-3H3,(H,23,25)(H,24,26). The molecule has 0 atom stereocenters. The Kier molecular flexibility index (Phi) is 6.01. The SMILES string of the molecule is COc1cccc(C(=O)Nc2ccc(Nc3cc(C)c(Cl)cc3OC)nc2)c1. The molecule has 0 saturated heterocycles. The first-order valence-electron chi connectivity index (χ1n) is 8.53. The predicted octanol–water partition coefficient (Wildman–Crippen LogP) is 5.06. The van der Waals surface area contributed by atoms with E-state index < -0.39 is 0 Å². The summed E-state index contributed by atoms with van der Waals surface area (Å²) in [5.41, 5.74) is 2.76. The smallest absolute Gasteiger partial charge is 0.255 e. The van der Waals surface area contributed by atoms with Gasteiger partial charge in [0.05, 0.1) is 31.8 Å². The van der Waals surface area contributed by atoms with E-state index in [1.165, 1.54) is 0 Å². The third kappa shape index (κ3) is 4.53. The van der Waals surface area contributed by atoms with E-state index in [9.17, 15) is 4.79 Å². The second kappa shape index (κ2) is 8.63. The Hall–Kier alpha value is -3.25. The Morgan fingerprint density at radius 2 is 1.89 bits per heavy atom. The molecule has 7 heteroatoms. The van der Waals surface area contributed by atoms with Gasteiger partial charge in [-0.25, -0.2) is 4.98 Å². The summed E-state index contributed by atoms with van der Waals surface area (Å²) in [5, 5.41) is 6.64. The number of hydrogen-bond donors (Lipinski definition) is 2. The zero-order valence-electron chi connectivity index (χ0n) is 15.7. The van der Waals surface area contributed by atoms with Gasteiger partial charge in [0.25, 0.3) is 5.91 Å². The Morgan fingerprint density at radius 1 is 1.07 bits per heavy atom. The molecule has 28 heavy (non-hydrogen) atoms. The maximum atomic E-state index is 12.4. The fraction of sp³-hybridized carbons (Fsp3) is 0.143. The van der Waals surface area contributed by atoms with Gasteiger partial charge in [-0.15, -0.1) is 0 Å². The quantitative estimate of drug-likeness (QED) is 0.608. The molecule has 6 nitrogen and oxygen atoms in total. The Bertz CT molecular complexity index is 991. The van der Waals surface area contributed by atoms with Crippen molar-refractivity contribution in [3.63, 3.8) is 0 Å². The van der Waals surface area contributed by atoms with Crippen LogP contribution in [0.2, 0.25) is 5.02 Å². The molecular weight excluding hydrogens is 378 g/mol. The molecule has 0 unspecified atom stereocenters. The Morgan fingerprint density at radius 3 is 2.57 bits per heavy atom. The number of carbonyl (C=O) groups is 1. The van der Waals surface area contributed by atoms with Crippen LogP contribution in [0.5, 0.6) is 11.5 Å². The lowest BCUT2D eigenvalue weighted by molar-refractivity contribution is 0.102. The molecule has 0 saturated carbocycles. The molecule has 0 bridgehead atoms. The van der Waals surface area contributed by atoms with E-state index in [4.69, 9.17) is 21.1 Å². The van der Waals surface area contributed by atoms with Crippen molar-refractivity contribution in [1.29, 1.82) is 0 Å². The van der Waals surface area contributed by atoms with Crippen molar-refractivity contribution in [2.24, 2.45) is 0 Å². The number of ether oxygens (including phenoxy) is 2. The summed E-state index contributed by atoms with van der Waals surface area (Å²) in [7, 11) is 3.14. The minimum atomic E-state index is -0.239. The van der Waals surface area contributed by atoms with Crippen molar-refractivity contribution in [1.82, 2.24) is 4.98 Å². The van der Waals surface area contributed by atoms with Crippen molar-refractivity contribution in [2.75, 3.05) is 24.9 Å². The fourth-order valence-corrected chi connectivity index (χ4v) is 2.73. The molecule has 0 aliphatic heterocycles. The number of methoxy groups -OCH3 is 2. The minimum absolute atomic E-state index is 0.239. The van der Waals surface area contributed by atoms with Crippen molar-refractivity contribution in [2.45, 2.75) is 6.92 Å². The monoisotopic (exact) mass is 397 g/mol. The summed E-state index contributed by atoms with van der Waals surface area (Å²) in [6.07, 6.45) is 1.58. The van der Waals surface area contributed by atoms with Gasteiger partial charge in [-0.1, -0.05) is 17.7 Å². The van der Waals surface area contributed by atoms with Crippen LogP contribution in [0, 0.1) is 6.92 Å². The van der Waals surface area contributed by atoms with Gasteiger partial charge in [-0.2, -0.15) is 0 Å². The van der Waals surface area contributed by atoms with Crippen molar-refractivity contribution in [3.8, 4) is 11.5 Å². The molecule has 0 fully saturated rings. The van der Waals surface area contributed by atoms with Crippen molar-refractivity contribution < 1.29 is 14.3 Å². The molecule has 3 rings (SSSR count). The summed E-state index contributed by atoms with van der Waals surface area (Å²) in [6, 6.07) is 14.1. The first-order chi connectivity index (χ1) is 13.5. The highest BCUT2D eigenvalue weighted by Gasteiger charge is 2.10. The number of nitrogens with zero attached hydrogens (tertiary/aromatic N) is 1. The fourth-order valence-electron chi connectivity index (χ4n) is 2.58. The zero-order valence-corrected chi connectivity index (χ0v) is 16.5. The highest BCUT2D eigenvalue weighted by Crippen LogP contribution is 2.32. The minimum Gasteiger partial charge on any atom is -0.497 e. The second-order valence-electron chi connectivity index (χ2n) is 6.04. The molecule has 0 aliphatic rings. The van der Waals surface area contributed by atoms with Crippen LogP contribution >= 0.6 is 11.6 Å². The molecule has 3 aromatic rings. The Labute approximate surface area is 168 Å². The number of nitrogens with one attached hydrogen (secondary N) is 2. The van der Waals surface area contributed by atoms with Crippen LogP contribution in [-0.4, -0.2) is 25.1 Å². The summed E-state index contributed by atoms with van der Waals surface area (Å²) in [5.74, 6) is 1.61. The number of aromatic nitrogens is 1. The van der Waals surface area contributed by atoms with E-state index in [0.717, 1.165) is 11.3 Å². The third-order valence-electron chi connectivity index (χ3n) is 4.10. The van der Waals surface area contributed by atoms with Crippen LogP contribution in [0.25, 0.3) is 0 Å².